The maximum Gasteiger partial charge on any atom is 0.274 e. The van der Waals surface area contributed by atoms with Crippen LogP contribution in [0.25, 0.3) is 0 Å². The van der Waals surface area contributed by atoms with Gasteiger partial charge in [-0.25, -0.2) is 0 Å². The second-order valence-corrected chi connectivity index (χ2v) is 5.92. The summed E-state index contributed by atoms with van der Waals surface area (Å²) in [5.74, 6) is 0.724. The van der Waals surface area contributed by atoms with Crippen LogP contribution in [0.2, 0.25) is 0 Å². The maximum absolute atomic E-state index is 12.0. The molecule has 1 N–H and O–H groups in total. The van der Waals surface area contributed by atoms with Crippen molar-refractivity contribution in [2.75, 3.05) is 11.9 Å². The summed E-state index contributed by atoms with van der Waals surface area (Å²) in [6.07, 6.45) is 1.06. The van der Waals surface area contributed by atoms with E-state index in [1.54, 1.807) is 13.0 Å². The quantitative estimate of drug-likeness (QED) is 0.596. The van der Waals surface area contributed by atoms with Gasteiger partial charge in [-0.2, -0.15) is 0 Å². The van der Waals surface area contributed by atoms with Crippen LogP contribution in [0, 0.1) is 17.0 Å². The number of amides is 1. The summed E-state index contributed by atoms with van der Waals surface area (Å²) >= 11 is 0. The Labute approximate surface area is 147 Å². The minimum absolute atomic E-state index is 0.0284. The largest absolute Gasteiger partial charge is 0.484 e. The van der Waals surface area contributed by atoms with E-state index >= 15 is 0 Å². The van der Waals surface area contributed by atoms with Crippen molar-refractivity contribution in [1.29, 1.82) is 0 Å². The van der Waals surface area contributed by atoms with E-state index in [0.717, 1.165) is 6.42 Å². The van der Waals surface area contributed by atoms with Crippen LogP contribution in [0.4, 0.5) is 11.4 Å². The molecule has 0 radical (unpaired) electrons. The Morgan fingerprint density at radius 1 is 1.24 bits per heavy atom. The molecule has 0 aromatic heterocycles. The lowest BCUT2D eigenvalue weighted by Crippen LogP contribution is -2.20. The zero-order valence-electron chi connectivity index (χ0n) is 14.6. The minimum Gasteiger partial charge on any atom is -0.484 e. The fourth-order valence-corrected chi connectivity index (χ4v) is 2.42. The molecule has 0 heterocycles. The SMILES string of the molecule is CC[C@H](C)c1ccc(OCC(=O)Nc2cccc([N+](=O)[O-])c2C)cc1. The first-order valence-electron chi connectivity index (χ1n) is 8.19. The van der Waals surface area contributed by atoms with Crippen molar-refractivity contribution in [2.45, 2.75) is 33.1 Å². The Balaban J connectivity index is 1.95. The van der Waals surface area contributed by atoms with Crippen LogP contribution >= 0.6 is 0 Å². The van der Waals surface area contributed by atoms with Crippen molar-refractivity contribution in [3.05, 3.63) is 63.7 Å². The highest BCUT2D eigenvalue weighted by Gasteiger charge is 2.15. The van der Waals surface area contributed by atoms with E-state index in [-0.39, 0.29) is 18.2 Å². The van der Waals surface area contributed by atoms with E-state index in [2.05, 4.69) is 19.2 Å². The van der Waals surface area contributed by atoms with E-state index < -0.39 is 4.92 Å². The van der Waals surface area contributed by atoms with Crippen LogP contribution in [0.5, 0.6) is 5.75 Å². The number of nitrogens with one attached hydrogen (secondary N) is 1. The number of ether oxygens (including phenoxy) is 1. The number of nitro benzene ring substituents is 1. The van der Waals surface area contributed by atoms with Crippen molar-refractivity contribution in [3.63, 3.8) is 0 Å². The lowest BCUT2D eigenvalue weighted by Gasteiger charge is -2.11. The van der Waals surface area contributed by atoms with Crippen molar-refractivity contribution < 1.29 is 14.5 Å². The normalized spacial score (nSPS) is 11.6. The van der Waals surface area contributed by atoms with Gasteiger partial charge in [0.15, 0.2) is 6.61 Å². The molecule has 0 saturated heterocycles. The van der Waals surface area contributed by atoms with Crippen LogP contribution in [0.1, 0.15) is 37.3 Å². The summed E-state index contributed by atoms with van der Waals surface area (Å²) in [5, 5.41) is 13.6. The Kier molecular flexibility index (Phi) is 6.11. The number of hydrogen-bond acceptors (Lipinski definition) is 4. The van der Waals surface area contributed by atoms with Crippen LogP contribution in [0.3, 0.4) is 0 Å². The molecule has 2 aromatic carbocycles. The molecule has 0 bridgehead atoms. The van der Waals surface area contributed by atoms with Gasteiger partial charge in [-0.3, -0.25) is 14.9 Å². The Morgan fingerprint density at radius 3 is 2.52 bits per heavy atom. The Bertz CT molecular complexity index is 757. The second-order valence-electron chi connectivity index (χ2n) is 5.92. The van der Waals surface area contributed by atoms with Crippen LogP contribution in [-0.2, 0) is 4.79 Å². The molecule has 0 aliphatic carbocycles. The highest BCUT2D eigenvalue weighted by molar-refractivity contribution is 5.93. The molecule has 0 unspecified atom stereocenters. The van der Waals surface area contributed by atoms with E-state index in [0.29, 0.717) is 22.9 Å². The second kappa shape index (κ2) is 8.28. The lowest BCUT2D eigenvalue weighted by atomic mass is 9.99. The van der Waals surface area contributed by atoms with Crippen molar-refractivity contribution in [2.24, 2.45) is 0 Å². The molecule has 2 aromatic rings. The molecule has 1 atom stereocenters. The molecule has 1 amide bonds. The number of nitrogens with zero attached hydrogens (tertiary/aromatic N) is 1. The number of rotatable bonds is 7. The monoisotopic (exact) mass is 342 g/mol. The number of benzene rings is 2. The van der Waals surface area contributed by atoms with Crippen molar-refractivity contribution >= 4 is 17.3 Å². The van der Waals surface area contributed by atoms with Gasteiger partial charge in [-0.05, 0) is 43.0 Å². The molecule has 0 fully saturated rings. The van der Waals surface area contributed by atoms with Gasteiger partial charge in [0.25, 0.3) is 11.6 Å². The lowest BCUT2D eigenvalue weighted by molar-refractivity contribution is -0.385. The highest BCUT2D eigenvalue weighted by Crippen LogP contribution is 2.25. The molecule has 0 spiro atoms. The molecule has 0 saturated carbocycles. The van der Waals surface area contributed by atoms with Crippen molar-refractivity contribution in [1.82, 2.24) is 0 Å². The molecule has 6 heteroatoms. The van der Waals surface area contributed by atoms with Gasteiger partial charge in [0.05, 0.1) is 16.2 Å². The number of carbonyl (C=O) groups is 1. The number of nitro groups is 1. The van der Waals surface area contributed by atoms with E-state index in [4.69, 9.17) is 4.74 Å². The zero-order chi connectivity index (χ0) is 18.4. The number of hydrogen-bond donors (Lipinski definition) is 1. The smallest absolute Gasteiger partial charge is 0.274 e. The molecular weight excluding hydrogens is 320 g/mol. The molecule has 6 nitrogen and oxygen atoms in total. The van der Waals surface area contributed by atoms with Gasteiger partial charge in [-0.1, -0.05) is 32.0 Å². The minimum atomic E-state index is -0.472. The zero-order valence-corrected chi connectivity index (χ0v) is 14.6. The molecule has 0 aliphatic rings. The van der Waals surface area contributed by atoms with Crippen LogP contribution in [-0.4, -0.2) is 17.4 Å². The fraction of sp³-hybridized carbons (Fsp3) is 0.316. The average molecular weight is 342 g/mol. The fourth-order valence-electron chi connectivity index (χ4n) is 2.42. The summed E-state index contributed by atoms with van der Waals surface area (Å²) in [5.41, 5.74) is 2.03. The van der Waals surface area contributed by atoms with Gasteiger partial charge in [0.2, 0.25) is 0 Å². The van der Waals surface area contributed by atoms with Gasteiger partial charge in [0, 0.05) is 6.07 Å². The van der Waals surface area contributed by atoms with Crippen molar-refractivity contribution in [3.8, 4) is 5.75 Å². The van der Waals surface area contributed by atoms with E-state index in [9.17, 15) is 14.9 Å². The van der Waals surface area contributed by atoms with Gasteiger partial charge in [-0.15, -0.1) is 0 Å². The summed E-state index contributed by atoms with van der Waals surface area (Å²) in [4.78, 5) is 22.5. The highest BCUT2D eigenvalue weighted by atomic mass is 16.6. The number of anilines is 1. The van der Waals surface area contributed by atoms with E-state index in [1.165, 1.54) is 17.7 Å². The Hall–Kier alpha value is -2.89. The molecule has 2 rings (SSSR count). The predicted molar refractivity (Wildman–Crippen MR) is 97.1 cm³/mol. The topological polar surface area (TPSA) is 81.5 Å². The standard InChI is InChI=1S/C19H22N2O4/c1-4-13(2)15-8-10-16(11-9-15)25-12-19(22)20-17-6-5-7-18(14(17)3)21(23)24/h5-11,13H,4,12H2,1-3H3,(H,20,22)/t13-/m0/s1. The first-order valence-corrected chi connectivity index (χ1v) is 8.19. The summed E-state index contributed by atoms with van der Waals surface area (Å²) in [6, 6.07) is 12.2. The summed E-state index contributed by atoms with van der Waals surface area (Å²) < 4.78 is 5.48. The summed E-state index contributed by atoms with van der Waals surface area (Å²) in [6.45, 7) is 5.73. The van der Waals surface area contributed by atoms with E-state index in [1.807, 2.05) is 24.3 Å². The average Bonchev–Trinajstić information content (AvgIpc) is 2.61. The molecule has 0 aliphatic heterocycles. The third-order valence-corrected chi connectivity index (χ3v) is 4.21. The van der Waals surface area contributed by atoms with Gasteiger partial charge in [0.1, 0.15) is 5.75 Å². The molecular formula is C19H22N2O4. The third kappa shape index (κ3) is 4.79. The third-order valence-electron chi connectivity index (χ3n) is 4.21. The first-order chi connectivity index (χ1) is 11.9. The van der Waals surface area contributed by atoms with Crippen LogP contribution < -0.4 is 10.1 Å². The maximum atomic E-state index is 12.0. The molecule has 25 heavy (non-hydrogen) atoms. The number of carbonyl (C=O) groups excluding carboxylic acids is 1. The van der Waals surface area contributed by atoms with Gasteiger partial charge >= 0.3 is 0 Å². The Morgan fingerprint density at radius 2 is 1.92 bits per heavy atom. The first kappa shape index (κ1) is 18.4. The van der Waals surface area contributed by atoms with Gasteiger partial charge < -0.3 is 10.1 Å². The predicted octanol–water partition coefficient (Wildman–Crippen LogP) is 4.43. The van der Waals surface area contributed by atoms with Crippen LogP contribution in [0.15, 0.2) is 42.5 Å². The molecule has 132 valence electrons. The summed E-state index contributed by atoms with van der Waals surface area (Å²) in [7, 11) is 0.